The summed E-state index contributed by atoms with van der Waals surface area (Å²) in [5, 5.41) is 11.5. The van der Waals surface area contributed by atoms with Crippen molar-refractivity contribution in [2.24, 2.45) is 0 Å². The SMILES string of the molecule is O=C(O)Cn1cccc1C(=O)NCCc1ccco1. The number of hydrogen-bond acceptors (Lipinski definition) is 3. The maximum absolute atomic E-state index is 11.9. The smallest absolute Gasteiger partial charge is 0.323 e. The van der Waals surface area contributed by atoms with E-state index in [1.165, 1.54) is 4.57 Å². The highest BCUT2D eigenvalue weighted by Crippen LogP contribution is 2.03. The molecule has 0 saturated heterocycles. The second-order valence-corrected chi connectivity index (χ2v) is 4.00. The number of furan rings is 1. The Bertz CT molecular complexity index is 557. The third-order valence-electron chi connectivity index (χ3n) is 2.60. The van der Waals surface area contributed by atoms with Gasteiger partial charge in [-0.2, -0.15) is 0 Å². The molecule has 0 fully saturated rings. The average Bonchev–Trinajstić information content (AvgIpc) is 2.99. The van der Waals surface area contributed by atoms with Gasteiger partial charge >= 0.3 is 5.97 Å². The molecule has 0 aliphatic rings. The van der Waals surface area contributed by atoms with E-state index in [1.807, 2.05) is 6.07 Å². The van der Waals surface area contributed by atoms with E-state index in [0.717, 1.165) is 5.76 Å². The van der Waals surface area contributed by atoms with E-state index in [0.29, 0.717) is 18.7 Å². The average molecular weight is 262 g/mol. The van der Waals surface area contributed by atoms with Gasteiger partial charge in [0.05, 0.1) is 6.26 Å². The fourth-order valence-corrected chi connectivity index (χ4v) is 1.75. The normalized spacial score (nSPS) is 10.3. The quantitative estimate of drug-likeness (QED) is 0.817. The van der Waals surface area contributed by atoms with Crippen LogP contribution in [0, 0.1) is 0 Å². The number of nitrogens with one attached hydrogen (secondary N) is 1. The monoisotopic (exact) mass is 262 g/mol. The Balaban J connectivity index is 1.89. The highest BCUT2D eigenvalue weighted by atomic mass is 16.4. The van der Waals surface area contributed by atoms with Gasteiger partial charge in [0.2, 0.25) is 0 Å². The lowest BCUT2D eigenvalue weighted by atomic mass is 10.3. The van der Waals surface area contributed by atoms with Gasteiger partial charge in [0.1, 0.15) is 18.0 Å². The Morgan fingerprint density at radius 1 is 1.32 bits per heavy atom. The third kappa shape index (κ3) is 3.48. The molecule has 2 heterocycles. The molecule has 0 spiro atoms. The Kier molecular flexibility index (Phi) is 4.02. The van der Waals surface area contributed by atoms with Crippen molar-refractivity contribution in [1.82, 2.24) is 9.88 Å². The summed E-state index contributed by atoms with van der Waals surface area (Å²) in [7, 11) is 0. The predicted molar refractivity (Wildman–Crippen MR) is 66.8 cm³/mol. The van der Waals surface area contributed by atoms with Crippen molar-refractivity contribution < 1.29 is 19.1 Å². The number of carboxylic acids is 1. The van der Waals surface area contributed by atoms with Gasteiger partial charge in [-0.3, -0.25) is 9.59 Å². The topological polar surface area (TPSA) is 84.5 Å². The van der Waals surface area contributed by atoms with Crippen LogP contribution in [-0.2, 0) is 17.8 Å². The molecule has 0 saturated carbocycles. The Morgan fingerprint density at radius 2 is 2.16 bits per heavy atom. The minimum atomic E-state index is -0.985. The van der Waals surface area contributed by atoms with Crippen LogP contribution >= 0.6 is 0 Å². The largest absolute Gasteiger partial charge is 0.480 e. The van der Waals surface area contributed by atoms with Crippen LogP contribution in [0.1, 0.15) is 16.2 Å². The zero-order chi connectivity index (χ0) is 13.7. The van der Waals surface area contributed by atoms with Gasteiger partial charge in [0.15, 0.2) is 0 Å². The lowest BCUT2D eigenvalue weighted by Gasteiger charge is -2.07. The fraction of sp³-hybridized carbons (Fsp3) is 0.231. The molecule has 0 aliphatic heterocycles. The molecule has 2 rings (SSSR count). The van der Waals surface area contributed by atoms with Gasteiger partial charge in [-0.15, -0.1) is 0 Å². The summed E-state index contributed by atoms with van der Waals surface area (Å²) in [6.45, 7) is 0.207. The van der Waals surface area contributed by atoms with Crippen LogP contribution < -0.4 is 5.32 Å². The molecular formula is C13H14N2O4. The number of nitrogens with zero attached hydrogens (tertiary/aromatic N) is 1. The number of rotatable bonds is 6. The molecule has 0 radical (unpaired) electrons. The molecule has 0 atom stereocenters. The lowest BCUT2D eigenvalue weighted by Crippen LogP contribution is -2.28. The van der Waals surface area contributed by atoms with Crippen molar-refractivity contribution in [3.8, 4) is 0 Å². The Labute approximate surface area is 109 Å². The Morgan fingerprint density at radius 3 is 2.84 bits per heavy atom. The molecule has 2 aromatic rings. The van der Waals surface area contributed by atoms with Gasteiger partial charge in [-0.05, 0) is 24.3 Å². The molecule has 0 aliphatic carbocycles. The van der Waals surface area contributed by atoms with Crippen molar-refractivity contribution in [2.75, 3.05) is 6.54 Å². The highest BCUT2D eigenvalue weighted by Gasteiger charge is 2.12. The standard InChI is InChI=1S/C13H14N2O4/c16-12(17)9-15-7-1-4-11(15)13(18)14-6-5-10-3-2-8-19-10/h1-4,7-8H,5-6,9H2,(H,14,18)(H,16,17). The summed E-state index contributed by atoms with van der Waals surface area (Å²) in [6.07, 6.45) is 3.74. The van der Waals surface area contributed by atoms with E-state index >= 15 is 0 Å². The van der Waals surface area contributed by atoms with E-state index in [9.17, 15) is 9.59 Å². The number of carboxylic acid groups (broad SMARTS) is 1. The number of aromatic nitrogens is 1. The molecule has 19 heavy (non-hydrogen) atoms. The van der Waals surface area contributed by atoms with Gasteiger partial charge in [-0.25, -0.2) is 0 Å². The number of hydrogen-bond donors (Lipinski definition) is 2. The minimum Gasteiger partial charge on any atom is -0.480 e. The van der Waals surface area contributed by atoms with Crippen LogP contribution in [0.15, 0.2) is 41.1 Å². The molecule has 100 valence electrons. The van der Waals surface area contributed by atoms with Crippen molar-refractivity contribution in [1.29, 1.82) is 0 Å². The van der Waals surface area contributed by atoms with Crippen molar-refractivity contribution in [3.05, 3.63) is 48.2 Å². The third-order valence-corrected chi connectivity index (χ3v) is 2.60. The van der Waals surface area contributed by atoms with Crippen LogP contribution in [0.2, 0.25) is 0 Å². The zero-order valence-corrected chi connectivity index (χ0v) is 10.2. The molecule has 6 heteroatoms. The predicted octanol–water partition coefficient (Wildman–Crippen LogP) is 1.14. The maximum Gasteiger partial charge on any atom is 0.323 e. The summed E-state index contributed by atoms with van der Waals surface area (Å²) in [5.41, 5.74) is 0.335. The molecular weight excluding hydrogens is 248 g/mol. The maximum atomic E-state index is 11.9. The van der Waals surface area contributed by atoms with Crippen LogP contribution in [-0.4, -0.2) is 28.1 Å². The second kappa shape index (κ2) is 5.90. The molecule has 2 aromatic heterocycles. The first kappa shape index (κ1) is 12.9. The van der Waals surface area contributed by atoms with E-state index < -0.39 is 5.97 Å². The first-order valence-corrected chi connectivity index (χ1v) is 5.84. The summed E-state index contributed by atoms with van der Waals surface area (Å²) < 4.78 is 6.54. The first-order chi connectivity index (χ1) is 9.16. The molecule has 1 amide bonds. The number of amides is 1. The van der Waals surface area contributed by atoms with Crippen molar-refractivity contribution in [2.45, 2.75) is 13.0 Å². The summed E-state index contributed by atoms with van der Waals surface area (Å²) in [4.78, 5) is 22.5. The summed E-state index contributed by atoms with van der Waals surface area (Å²) in [6, 6.07) is 6.85. The number of carbonyl (C=O) groups excluding carboxylic acids is 1. The second-order valence-electron chi connectivity index (χ2n) is 4.00. The van der Waals surface area contributed by atoms with Crippen LogP contribution in [0.3, 0.4) is 0 Å². The first-order valence-electron chi connectivity index (χ1n) is 5.84. The highest BCUT2D eigenvalue weighted by molar-refractivity contribution is 5.93. The van der Waals surface area contributed by atoms with Gasteiger partial charge in [0, 0.05) is 19.2 Å². The van der Waals surface area contributed by atoms with Crippen LogP contribution in [0.4, 0.5) is 0 Å². The van der Waals surface area contributed by atoms with E-state index in [2.05, 4.69) is 5.32 Å². The molecule has 6 nitrogen and oxygen atoms in total. The van der Waals surface area contributed by atoms with Crippen LogP contribution in [0.25, 0.3) is 0 Å². The van der Waals surface area contributed by atoms with Gasteiger partial charge < -0.3 is 19.4 Å². The summed E-state index contributed by atoms with van der Waals surface area (Å²) in [5.74, 6) is -0.486. The molecule has 0 aromatic carbocycles. The zero-order valence-electron chi connectivity index (χ0n) is 10.2. The summed E-state index contributed by atoms with van der Waals surface area (Å²) >= 11 is 0. The van der Waals surface area contributed by atoms with Crippen molar-refractivity contribution in [3.63, 3.8) is 0 Å². The molecule has 2 N–H and O–H groups in total. The lowest BCUT2D eigenvalue weighted by molar-refractivity contribution is -0.137. The van der Waals surface area contributed by atoms with Gasteiger partial charge in [0.25, 0.3) is 5.91 Å². The number of aliphatic carboxylic acids is 1. The number of carbonyl (C=O) groups is 2. The van der Waals surface area contributed by atoms with E-state index in [4.69, 9.17) is 9.52 Å². The molecule has 0 unspecified atom stereocenters. The molecule has 0 bridgehead atoms. The van der Waals surface area contributed by atoms with Gasteiger partial charge in [-0.1, -0.05) is 0 Å². The van der Waals surface area contributed by atoms with E-state index in [1.54, 1.807) is 30.7 Å². The Hall–Kier alpha value is -2.50. The minimum absolute atomic E-state index is 0.228. The van der Waals surface area contributed by atoms with Crippen molar-refractivity contribution >= 4 is 11.9 Å². The fourth-order valence-electron chi connectivity index (χ4n) is 1.75. The van der Waals surface area contributed by atoms with Crippen LogP contribution in [0.5, 0.6) is 0 Å². The van der Waals surface area contributed by atoms with E-state index in [-0.39, 0.29) is 12.5 Å².